The molecular formula is C18H24N4O2S. The number of rotatable bonds is 6. The Hall–Kier alpha value is -1.99. The molecule has 0 aliphatic carbocycles. The lowest BCUT2D eigenvalue weighted by atomic mass is 10.1. The number of hydrogen-bond acceptors (Lipinski definition) is 5. The van der Waals surface area contributed by atoms with Crippen molar-refractivity contribution in [2.75, 3.05) is 19.5 Å². The van der Waals surface area contributed by atoms with Gasteiger partial charge in [0.2, 0.25) is 0 Å². The van der Waals surface area contributed by atoms with Crippen LogP contribution in [0.5, 0.6) is 0 Å². The van der Waals surface area contributed by atoms with Crippen molar-refractivity contribution < 1.29 is 9.15 Å². The molecule has 0 spiro atoms. The van der Waals surface area contributed by atoms with Crippen LogP contribution in [0.25, 0.3) is 0 Å². The van der Waals surface area contributed by atoms with Gasteiger partial charge >= 0.3 is 0 Å². The fourth-order valence-corrected chi connectivity index (χ4v) is 3.75. The molecule has 0 saturated carbocycles. The largest absolute Gasteiger partial charge is 0.467 e. The van der Waals surface area contributed by atoms with E-state index in [1.54, 1.807) is 25.1 Å². The minimum Gasteiger partial charge on any atom is -0.467 e. The second-order valence-electron chi connectivity index (χ2n) is 6.15. The number of thioether (sulfide) groups is 1. The first kappa shape index (κ1) is 17.8. The smallest absolute Gasteiger partial charge is 0.177 e. The topological polar surface area (TPSA) is 64.0 Å². The number of ether oxygens (including phenoxy) is 1. The van der Waals surface area contributed by atoms with E-state index in [9.17, 15) is 0 Å². The summed E-state index contributed by atoms with van der Waals surface area (Å²) < 4.78 is 12.9. The molecule has 1 aliphatic rings. The molecule has 1 aliphatic heterocycles. The van der Waals surface area contributed by atoms with E-state index in [1.165, 1.54) is 17.0 Å². The third-order valence-electron chi connectivity index (χ3n) is 4.16. The number of hydrogen-bond donors (Lipinski definition) is 1. The molecule has 25 heavy (non-hydrogen) atoms. The van der Waals surface area contributed by atoms with E-state index in [2.05, 4.69) is 40.0 Å². The summed E-state index contributed by atoms with van der Waals surface area (Å²) in [5, 5.41) is 5.39. The number of aryl methyl sites for hydroxylation is 1. The zero-order valence-corrected chi connectivity index (χ0v) is 15.9. The molecule has 0 bridgehead atoms. The monoisotopic (exact) mass is 360 g/mol. The van der Waals surface area contributed by atoms with Crippen LogP contribution < -0.4 is 5.43 Å². The van der Waals surface area contributed by atoms with Crippen molar-refractivity contribution in [3.8, 4) is 0 Å². The van der Waals surface area contributed by atoms with Crippen molar-refractivity contribution in [2.45, 2.75) is 33.4 Å². The number of nitrogens with zero attached hydrogens (tertiary/aromatic N) is 3. The number of methoxy groups -OCH3 is 1. The predicted molar refractivity (Wildman–Crippen MR) is 103 cm³/mol. The highest BCUT2D eigenvalue weighted by Crippen LogP contribution is 2.22. The fraction of sp³-hybridized carbons (Fsp3) is 0.444. The summed E-state index contributed by atoms with van der Waals surface area (Å²) in [6.45, 7) is 7.61. The molecule has 0 fully saturated rings. The second-order valence-corrected chi connectivity index (χ2v) is 7.11. The van der Waals surface area contributed by atoms with Crippen LogP contribution in [0.2, 0.25) is 0 Å². The highest BCUT2D eigenvalue weighted by Gasteiger charge is 2.19. The van der Waals surface area contributed by atoms with Gasteiger partial charge in [-0.3, -0.25) is 10.4 Å². The summed E-state index contributed by atoms with van der Waals surface area (Å²) in [5.41, 5.74) is 7.69. The van der Waals surface area contributed by atoms with Gasteiger partial charge in [0.15, 0.2) is 5.17 Å². The van der Waals surface area contributed by atoms with Gasteiger partial charge in [0.05, 0.1) is 31.2 Å². The first-order valence-electron chi connectivity index (χ1n) is 8.30. The molecule has 0 aromatic carbocycles. The molecule has 3 heterocycles. The van der Waals surface area contributed by atoms with E-state index in [1.807, 2.05) is 19.1 Å². The zero-order valence-electron chi connectivity index (χ0n) is 15.1. The van der Waals surface area contributed by atoms with Crippen molar-refractivity contribution in [1.29, 1.82) is 0 Å². The van der Waals surface area contributed by atoms with E-state index in [0.29, 0.717) is 6.61 Å². The molecule has 0 radical (unpaired) electrons. The van der Waals surface area contributed by atoms with Gasteiger partial charge < -0.3 is 13.7 Å². The minimum absolute atomic E-state index is 0.120. The lowest BCUT2D eigenvalue weighted by Crippen LogP contribution is -2.27. The highest BCUT2D eigenvalue weighted by molar-refractivity contribution is 8.14. The van der Waals surface area contributed by atoms with Gasteiger partial charge in [-0.1, -0.05) is 11.8 Å². The second kappa shape index (κ2) is 7.93. The van der Waals surface area contributed by atoms with Crippen LogP contribution in [0, 0.1) is 13.8 Å². The number of aromatic nitrogens is 1. The zero-order chi connectivity index (χ0) is 17.8. The van der Waals surface area contributed by atoms with Crippen LogP contribution in [0.1, 0.15) is 29.6 Å². The Morgan fingerprint density at radius 2 is 2.32 bits per heavy atom. The van der Waals surface area contributed by atoms with Crippen molar-refractivity contribution in [2.24, 2.45) is 10.1 Å². The van der Waals surface area contributed by atoms with Gasteiger partial charge in [-0.25, -0.2) is 0 Å². The van der Waals surface area contributed by atoms with E-state index in [4.69, 9.17) is 9.15 Å². The molecule has 2 aromatic heterocycles. The van der Waals surface area contributed by atoms with Crippen LogP contribution in [-0.4, -0.2) is 41.0 Å². The first-order chi connectivity index (χ1) is 12.1. The Labute approximate surface area is 152 Å². The maximum Gasteiger partial charge on any atom is 0.177 e. The summed E-state index contributed by atoms with van der Waals surface area (Å²) in [5.74, 6) is 1.75. The number of furan rings is 1. The van der Waals surface area contributed by atoms with Crippen molar-refractivity contribution in [3.63, 3.8) is 0 Å². The summed E-state index contributed by atoms with van der Waals surface area (Å²) in [6.07, 6.45) is 1.71. The summed E-state index contributed by atoms with van der Waals surface area (Å²) >= 11 is 1.67. The van der Waals surface area contributed by atoms with Gasteiger partial charge in [-0.2, -0.15) is 5.10 Å². The van der Waals surface area contributed by atoms with Gasteiger partial charge in [-0.15, -0.1) is 0 Å². The third-order valence-corrected chi connectivity index (χ3v) is 5.04. The summed E-state index contributed by atoms with van der Waals surface area (Å²) in [7, 11) is 1.69. The lowest BCUT2D eigenvalue weighted by Gasteiger charge is -2.16. The molecule has 6 nitrogen and oxygen atoms in total. The predicted octanol–water partition coefficient (Wildman–Crippen LogP) is 3.18. The normalized spacial score (nSPS) is 17.4. The van der Waals surface area contributed by atoms with Crippen LogP contribution in [0.3, 0.4) is 0 Å². The molecule has 1 atom stereocenters. The van der Waals surface area contributed by atoms with Gasteiger partial charge in [0, 0.05) is 29.8 Å². The number of amidine groups is 1. The van der Waals surface area contributed by atoms with Gasteiger partial charge in [0.1, 0.15) is 5.76 Å². The summed E-state index contributed by atoms with van der Waals surface area (Å²) in [6, 6.07) is 6.23. The van der Waals surface area contributed by atoms with Crippen LogP contribution in [-0.2, 0) is 11.3 Å². The van der Waals surface area contributed by atoms with Crippen molar-refractivity contribution >= 4 is 22.6 Å². The minimum atomic E-state index is 0.120. The van der Waals surface area contributed by atoms with E-state index < -0.39 is 0 Å². The lowest BCUT2D eigenvalue weighted by molar-refractivity contribution is 0.186. The molecule has 134 valence electrons. The van der Waals surface area contributed by atoms with E-state index in [0.717, 1.165) is 28.9 Å². The maximum atomic E-state index is 5.48. The quantitative estimate of drug-likeness (QED) is 0.859. The van der Waals surface area contributed by atoms with Gasteiger partial charge in [-0.05, 0) is 39.0 Å². The standard InChI is InChI=1S/C18H24N4O2S/c1-12(10-23-4)19-18-21-20-17(11-25-18)16-8-13(2)22(14(16)3)9-15-6-5-7-24-15/h5-8,12H,9-11H2,1-4H3,(H,19,21)/t12-/m1/s1. The molecule has 0 saturated heterocycles. The Morgan fingerprint density at radius 1 is 1.48 bits per heavy atom. The molecule has 0 unspecified atom stereocenters. The molecule has 0 amide bonds. The highest BCUT2D eigenvalue weighted by atomic mass is 32.2. The first-order valence-corrected chi connectivity index (χ1v) is 9.28. The average molecular weight is 360 g/mol. The number of nitrogens with one attached hydrogen (secondary N) is 1. The fourth-order valence-electron chi connectivity index (χ4n) is 2.89. The van der Waals surface area contributed by atoms with Crippen molar-refractivity contribution in [1.82, 2.24) is 9.99 Å². The maximum absolute atomic E-state index is 5.48. The van der Waals surface area contributed by atoms with Crippen LogP contribution in [0.15, 0.2) is 39.0 Å². The Bertz CT molecular complexity index is 777. The Balaban J connectivity index is 1.76. The van der Waals surface area contributed by atoms with E-state index in [-0.39, 0.29) is 6.04 Å². The number of aliphatic imine (C=N–C) groups is 1. The number of hydrazone groups is 1. The van der Waals surface area contributed by atoms with Crippen LogP contribution >= 0.6 is 11.8 Å². The van der Waals surface area contributed by atoms with Crippen molar-refractivity contribution in [3.05, 3.63) is 47.2 Å². The SMILES string of the molecule is COC[C@@H](C)N=C1NN=C(c2cc(C)n(Cc3ccco3)c2C)CS1. The molecule has 2 aromatic rings. The van der Waals surface area contributed by atoms with Crippen LogP contribution in [0.4, 0.5) is 0 Å². The molecule has 7 heteroatoms. The van der Waals surface area contributed by atoms with Gasteiger partial charge in [0.25, 0.3) is 0 Å². The summed E-state index contributed by atoms with van der Waals surface area (Å²) in [4.78, 5) is 4.57. The molecular weight excluding hydrogens is 336 g/mol. The molecule has 3 rings (SSSR count). The molecule has 1 N–H and O–H groups in total. The Kier molecular flexibility index (Phi) is 5.65. The Morgan fingerprint density at radius 3 is 2.96 bits per heavy atom. The average Bonchev–Trinajstić information content (AvgIpc) is 3.20. The van der Waals surface area contributed by atoms with E-state index >= 15 is 0 Å². The third kappa shape index (κ3) is 4.16.